The van der Waals surface area contributed by atoms with Crippen LogP contribution >= 0.6 is 11.3 Å². The van der Waals surface area contributed by atoms with Crippen molar-refractivity contribution in [1.82, 2.24) is 15.2 Å². The van der Waals surface area contributed by atoms with Gasteiger partial charge in [0.05, 0.1) is 18.8 Å². The minimum atomic E-state index is 0.0853. The van der Waals surface area contributed by atoms with E-state index in [4.69, 9.17) is 9.72 Å². The molecule has 0 spiro atoms. The third-order valence-corrected chi connectivity index (χ3v) is 4.58. The molecule has 5 nitrogen and oxygen atoms in total. The SMILES string of the molecule is CN=C(NCc1nc(C(C)(C)C)cs1)N(C)CCOc1ccccc1. The molecule has 1 aromatic heterocycles. The van der Waals surface area contributed by atoms with Crippen molar-refractivity contribution < 1.29 is 4.74 Å². The first-order valence-electron chi connectivity index (χ1n) is 8.44. The van der Waals surface area contributed by atoms with Gasteiger partial charge in [-0.05, 0) is 12.1 Å². The van der Waals surface area contributed by atoms with Crippen molar-refractivity contribution in [3.63, 3.8) is 0 Å². The maximum absolute atomic E-state index is 5.74. The summed E-state index contributed by atoms with van der Waals surface area (Å²) in [6.07, 6.45) is 0. The number of nitrogens with zero attached hydrogens (tertiary/aromatic N) is 3. The Morgan fingerprint density at radius 1 is 1.28 bits per heavy atom. The van der Waals surface area contributed by atoms with Crippen LogP contribution in [0.15, 0.2) is 40.7 Å². The van der Waals surface area contributed by atoms with Crippen molar-refractivity contribution in [3.05, 3.63) is 46.4 Å². The summed E-state index contributed by atoms with van der Waals surface area (Å²) in [6.45, 7) is 8.57. The average Bonchev–Trinajstić information content (AvgIpc) is 3.06. The topological polar surface area (TPSA) is 49.8 Å². The average molecular weight is 361 g/mol. The third kappa shape index (κ3) is 6.05. The lowest BCUT2D eigenvalue weighted by Crippen LogP contribution is -2.40. The van der Waals surface area contributed by atoms with Gasteiger partial charge in [0.2, 0.25) is 0 Å². The number of guanidine groups is 1. The molecule has 0 saturated carbocycles. The summed E-state index contributed by atoms with van der Waals surface area (Å²) in [5, 5.41) is 6.57. The van der Waals surface area contributed by atoms with Crippen LogP contribution in [-0.2, 0) is 12.0 Å². The van der Waals surface area contributed by atoms with Gasteiger partial charge in [-0.3, -0.25) is 4.99 Å². The predicted molar refractivity (Wildman–Crippen MR) is 106 cm³/mol. The fraction of sp³-hybridized carbons (Fsp3) is 0.474. The van der Waals surface area contributed by atoms with Gasteiger partial charge in [-0.15, -0.1) is 11.3 Å². The number of nitrogens with one attached hydrogen (secondary N) is 1. The molecule has 1 aromatic carbocycles. The van der Waals surface area contributed by atoms with Gasteiger partial charge < -0.3 is 15.0 Å². The van der Waals surface area contributed by atoms with Crippen LogP contribution in [0.4, 0.5) is 0 Å². The zero-order chi connectivity index (χ0) is 18.3. The summed E-state index contributed by atoms with van der Waals surface area (Å²) in [5.41, 5.74) is 1.22. The maximum Gasteiger partial charge on any atom is 0.193 e. The van der Waals surface area contributed by atoms with Gasteiger partial charge >= 0.3 is 0 Å². The Kier molecular flexibility index (Phi) is 6.82. The zero-order valence-corrected chi connectivity index (χ0v) is 16.6. The Morgan fingerprint density at radius 2 is 2.00 bits per heavy atom. The lowest BCUT2D eigenvalue weighted by molar-refractivity contribution is 0.281. The second-order valence-electron chi connectivity index (χ2n) is 6.86. The summed E-state index contributed by atoms with van der Waals surface area (Å²) in [5.74, 6) is 1.72. The van der Waals surface area contributed by atoms with Gasteiger partial charge in [-0.25, -0.2) is 4.98 Å². The fourth-order valence-electron chi connectivity index (χ4n) is 2.20. The molecule has 0 radical (unpaired) electrons. The number of aliphatic imine (C=N–C) groups is 1. The summed E-state index contributed by atoms with van der Waals surface area (Å²) >= 11 is 1.68. The molecule has 0 aliphatic rings. The highest BCUT2D eigenvalue weighted by Crippen LogP contribution is 2.23. The van der Waals surface area contributed by atoms with E-state index in [2.05, 4.69) is 41.4 Å². The number of ether oxygens (including phenoxy) is 1. The van der Waals surface area contributed by atoms with Crippen LogP contribution < -0.4 is 10.1 Å². The van der Waals surface area contributed by atoms with E-state index < -0.39 is 0 Å². The Hall–Kier alpha value is -2.08. The number of benzene rings is 1. The van der Waals surface area contributed by atoms with Crippen LogP contribution in [-0.4, -0.2) is 43.1 Å². The van der Waals surface area contributed by atoms with Crippen molar-refractivity contribution >= 4 is 17.3 Å². The normalized spacial score (nSPS) is 12.1. The molecule has 6 heteroatoms. The first-order chi connectivity index (χ1) is 11.9. The summed E-state index contributed by atoms with van der Waals surface area (Å²) in [6, 6.07) is 9.85. The molecule has 0 atom stereocenters. The van der Waals surface area contributed by atoms with E-state index in [1.54, 1.807) is 18.4 Å². The molecule has 1 N–H and O–H groups in total. The molecule has 0 aliphatic heterocycles. The van der Waals surface area contributed by atoms with Crippen molar-refractivity contribution in [3.8, 4) is 5.75 Å². The van der Waals surface area contributed by atoms with Crippen molar-refractivity contribution in [2.45, 2.75) is 32.7 Å². The lowest BCUT2D eigenvalue weighted by Gasteiger charge is -2.21. The maximum atomic E-state index is 5.74. The molecular formula is C19H28N4OS. The quantitative estimate of drug-likeness (QED) is 0.632. The summed E-state index contributed by atoms with van der Waals surface area (Å²) in [4.78, 5) is 11.1. The summed E-state index contributed by atoms with van der Waals surface area (Å²) in [7, 11) is 3.80. The molecule has 2 aromatic rings. The molecule has 2 rings (SSSR count). The Labute approximate surface area is 154 Å². The minimum Gasteiger partial charge on any atom is -0.492 e. The van der Waals surface area contributed by atoms with Crippen molar-refractivity contribution in [2.75, 3.05) is 27.2 Å². The van der Waals surface area contributed by atoms with Gasteiger partial charge in [0, 0.05) is 24.9 Å². The van der Waals surface area contributed by atoms with E-state index in [-0.39, 0.29) is 5.41 Å². The highest BCUT2D eigenvalue weighted by atomic mass is 32.1. The molecule has 0 amide bonds. The van der Waals surface area contributed by atoms with Crippen LogP contribution in [0.3, 0.4) is 0 Å². The van der Waals surface area contributed by atoms with Gasteiger partial charge in [0.1, 0.15) is 17.4 Å². The van der Waals surface area contributed by atoms with Crippen LogP contribution in [0.25, 0.3) is 0 Å². The lowest BCUT2D eigenvalue weighted by atomic mass is 9.93. The largest absolute Gasteiger partial charge is 0.492 e. The molecule has 0 fully saturated rings. The number of aromatic nitrogens is 1. The van der Waals surface area contributed by atoms with Crippen LogP contribution in [0.5, 0.6) is 5.75 Å². The van der Waals surface area contributed by atoms with Crippen LogP contribution in [0.1, 0.15) is 31.5 Å². The number of thiazole rings is 1. The Morgan fingerprint density at radius 3 is 2.60 bits per heavy atom. The fourth-order valence-corrected chi connectivity index (χ4v) is 3.16. The standard InChI is InChI=1S/C19H28N4OS/c1-19(2,3)16-14-25-17(22-16)13-21-18(20-4)23(5)11-12-24-15-9-7-6-8-10-15/h6-10,14H,11-13H2,1-5H3,(H,20,21). The molecule has 0 unspecified atom stereocenters. The predicted octanol–water partition coefficient (Wildman–Crippen LogP) is 3.53. The van der Waals surface area contributed by atoms with E-state index in [0.29, 0.717) is 13.2 Å². The van der Waals surface area contributed by atoms with Crippen LogP contribution in [0.2, 0.25) is 0 Å². The van der Waals surface area contributed by atoms with Gasteiger partial charge in [-0.1, -0.05) is 39.0 Å². The molecule has 0 saturated heterocycles. The first-order valence-corrected chi connectivity index (χ1v) is 9.32. The molecule has 1 heterocycles. The zero-order valence-electron chi connectivity index (χ0n) is 15.7. The van der Waals surface area contributed by atoms with Crippen molar-refractivity contribution in [2.24, 2.45) is 4.99 Å². The van der Waals surface area contributed by atoms with E-state index in [9.17, 15) is 0 Å². The number of hydrogen-bond donors (Lipinski definition) is 1. The first kappa shape index (κ1) is 19.2. The van der Waals surface area contributed by atoms with Gasteiger partial charge in [0.25, 0.3) is 0 Å². The highest BCUT2D eigenvalue weighted by molar-refractivity contribution is 7.09. The van der Waals surface area contributed by atoms with E-state index in [1.807, 2.05) is 37.4 Å². The third-order valence-electron chi connectivity index (χ3n) is 3.73. The molecular weight excluding hydrogens is 332 g/mol. The Balaban J connectivity index is 1.80. The van der Waals surface area contributed by atoms with E-state index in [0.717, 1.165) is 29.0 Å². The Bertz CT molecular complexity index is 676. The highest BCUT2D eigenvalue weighted by Gasteiger charge is 2.17. The number of para-hydroxylation sites is 1. The second-order valence-corrected chi connectivity index (χ2v) is 7.80. The number of hydrogen-bond acceptors (Lipinski definition) is 4. The van der Waals surface area contributed by atoms with E-state index in [1.165, 1.54) is 0 Å². The molecule has 0 bridgehead atoms. The smallest absolute Gasteiger partial charge is 0.193 e. The minimum absolute atomic E-state index is 0.0853. The number of likely N-dealkylation sites (N-methyl/N-ethyl adjacent to an activating group) is 1. The number of rotatable bonds is 6. The summed E-state index contributed by atoms with van der Waals surface area (Å²) < 4.78 is 5.74. The van der Waals surface area contributed by atoms with Crippen molar-refractivity contribution in [1.29, 1.82) is 0 Å². The monoisotopic (exact) mass is 360 g/mol. The van der Waals surface area contributed by atoms with Crippen LogP contribution in [0, 0.1) is 0 Å². The van der Waals surface area contributed by atoms with Gasteiger partial charge in [0.15, 0.2) is 5.96 Å². The van der Waals surface area contributed by atoms with E-state index >= 15 is 0 Å². The second kappa shape index (κ2) is 8.85. The van der Waals surface area contributed by atoms with Gasteiger partial charge in [-0.2, -0.15) is 0 Å². The molecule has 0 aliphatic carbocycles. The molecule has 136 valence electrons. The molecule has 25 heavy (non-hydrogen) atoms.